The molecular formula is C16H16Cl2N2O2S. The highest BCUT2D eigenvalue weighted by molar-refractivity contribution is 7.89. The normalized spacial score (nSPS) is 16.5. The summed E-state index contributed by atoms with van der Waals surface area (Å²) in [4.78, 5) is 2.24. The molecule has 0 aliphatic carbocycles. The zero-order chi connectivity index (χ0) is 16.4. The lowest BCUT2D eigenvalue weighted by Gasteiger charge is -2.35. The van der Waals surface area contributed by atoms with Crippen LogP contribution in [-0.4, -0.2) is 38.9 Å². The number of rotatable bonds is 3. The van der Waals surface area contributed by atoms with Gasteiger partial charge in [0, 0.05) is 36.9 Å². The number of sulfonamides is 1. The molecule has 0 amide bonds. The van der Waals surface area contributed by atoms with Gasteiger partial charge in [-0.1, -0.05) is 41.4 Å². The second-order valence-corrected chi connectivity index (χ2v) is 8.05. The lowest BCUT2D eigenvalue weighted by atomic mass is 10.2. The third-order valence-electron chi connectivity index (χ3n) is 3.87. The number of halogens is 2. The summed E-state index contributed by atoms with van der Waals surface area (Å²) >= 11 is 12.0. The average Bonchev–Trinajstić information content (AvgIpc) is 2.58. The molecule has 122 valence electrons. The van der Waals surface area contributed by atoms with Gasteiger partial charge in [0.1, 0.15) is 4.90 Å². The second-order valence-electron chi connectivity index (χ2n) is 5.30. The Hall–Kier alpha value is -1.27. The van der Waals surface area contributed by atoms with Crippen LogP contribution in [0.3, 0.4) is 0 Å². The fourth-order valence-corrected chi connectivity index (χ4v) is 4.80. The van der Waals surface area contributed by atoms with E-state index in [-0.39, 0.29) is 9.92 Å². The predicted octanol–water partition coefficient (Wildman–Crippen LogP) is 3.50. The number of anilines is 1. The Morgan fingerprint density at radius 1 is 0.870 bits per heavy atom. The Kier molecular flexibility index (Phi) is 4.82. The van der Waals surface area contributed by atoms with Gasteiger partial charge in [0.2, 0.25) is 10.0 Å². The Morgan fingerprint density at radius 3 is 2.17 bits per heavy atom. The summed E-state index contributed by atoms with van der Waals surface area (Å²) in [6.07, 6.45) is 0. The molecule has 0 spiro atoms. The van der Waals surface area contributed by atoms with E-state index in [9.17, 15) is 8.42 Å². The number of hydrogen-bond donors (Lipinski definition) is 0. The van der Waals surface area contributed by atoms with Crippen molar-refractivity contribution in [1.29, 1.82) is 0 Å². The molecular weight excluding hydrogens is 355 g/mol. The van der Waals surface area contributed by atoms with Crippen LogP contribution < -0.4 is 4.90 Å². The lowest BCUT2D eigenvalue weighted by molar-refractivity contribution is 0.385. The molecule has 4 nitrogen and oxygen atoms in total. The van der Waals surface area contributed by atoms with Crippen LogP contribution in [0.25, 0.3) is 0 Å². The first kappa shape index (κ1) is 16.6. The van der Waals surface area contributed by atoms with Crippen LogP contribution in [0, 0.1) is 0 Å². The van der Waals surface area contributed by atoms with Crippen molar-refractivity contribution in [2.75, 3.05) is 31.1 Å². The fraction of sp³-hybridized carbons (Fsp3) is 0.250. The quantitative estimate of drug-likeness (QED) is 0.829. The number of para-hydroxylation sites is 1. The molecule has 0 atom stereocenters. The lowest BCUT2D eigenvalue weighted by Crippen LogP contribution is -2.48. The van der Waals surface area contributed by atoms with E-state index in [2.05, 4.69) is 4.90 Å². The standard InChI is InChI=1S/C16H16Cl2N2O2S/c17-13-6-7-15(18)16(12-13)23(21,22)20-10-8-19(9-11-20)14-4-2-1-3-5-14/h1-7,12H,8-11H2. The predicted molar refractivity (Wildman–Crippen MR) is 93.9 cm³/mol. The molecule has 0 radical (unpaired) electrons. The van der Waals surface area contributed by atoms with Crippen molar-refractivity contribution < 1.29 is 8.42 Å². The van der Waals surface area contributed by atoms with Gasteiger partial charge >= 0.3 is 0 Å². The molecule has 0 aromatic heterocycles. The van der Waals surface area contributed by atoms with Crippen molar-refractivity contribution in [3.8, 4) is 0 Å². The van der Waals surface area contributed by atoms with E-state index >= 15 is 0 Å². The van der Waals surface area contributed by atoms with E-state index in [1.807, 2.05) is 30.3 Å². The molecule has 1 saturated heterocycles. The molecule has 0 saturated carbocycles. The minimum absolute atomic E-state index is 0.0693. The molecule has 1 heterocycles. The molecule has 7 heteroatoms. The van der Waals surface area contributed by atoms with Crippen LogP contribution >= 0.6 is 23.2 Å². The van der Waals surface area contributed by atoms with Crippen molar-refractivity contribution in [1.82, 2.24) is 4.31 Å². The molecule has 2 aromatic carbocycles. The number of hydrogen-bond acceptors (Lipinski definition) is 3. The molecule has 0 unspecified atom stereocenters. The van der Waals surface area contributed by atoms with E-state index < -0.39 is 10.0 Å². The SMILES string of the molecule is O=S(=O)(c1cc(Cl)ccc1Cl)N1CCN(c2ccccc2)CC1. The van der Waals surface area contributed by atoms with Crippen LogP contribution in [0.15, 0.2) is 53.4 Å². The van der Waals surface area contributed by atoms with Crippen molar-refractivity contribution in [2.24, 2.45) is 0 Å². The highest BCUT2D eigenvalue weighted by atomic mass is 35.5. The summed E-state index contributed by atoms with van der Waals surface area (Å²) in [5.41, 5.74) is 1.10. The maximum absolute atomic E-state index is 12.8. The topological polar surface area (TPSA) is 40.6 Å². The first-order valence-electron chi connectivity index (χ1n) is 7.24. The summed E-state index contributed by atoms with van der Waals surface area (Å²) in [5.74, 6) is 0. The van der Waals surface area contributed by atoms with Gasteiger partial charge in [-0.2, -0.15) is 4.31 Å². The third kappa shape index (κ3) is 3.48. The van der Waals surface area contributed by atoms with Gasteiger partial charge in [0.05, 0.1) is 5.02 Å². The Labute approximate surface area is 146 Å². The second kappa shape index (κ2) is 6.69. The first-order valence-corrected chi connectivity index (χ1v) is 9.43. The Bertz CT molecular complexity index is 789. The van der Waals surface area contributed by atoms with Crippen molar-refractivity contribution in [3.05, 3.63) is 58.6 Å². The van der Waals surface area contributed by atoms with Crippen LogP contribution in [-0.2, 0) is 10.0 Å². The minimum atomic E-state index is -3.63. The fourth-order valence-electron chi connectivity index (χ4n) is 2.64. The van der Waals surface area contributed by atoms with E-state index in [0.29, 0.717) is 31.2 Å². The van der Waals surface area contributed by atoms with Gasteiger partial charge in [-0.25, -0.2) is 8.42 Å². The van der Waals surface area contributed by atoms with Crippen molar-refractivity contribution in [3.63, 3.8) is 0 Å². The van der Waals surface area contributed by atoms with E-state index in [0.717, 1.165) is 5.69 Å². The summed E-state index contributed by atoms with van der Waals surface area (Å²) in [7, 11) is -3.63. The summed E-state index contributed by atoms with van der Waals surface area (Å²) < 4.78 is 27.0. The van der Waals surface area contributed by atoms with Gasteiger partial charge in [0.25, 0.3) is 0 Å². The molecule has 23 heavy (non-hydrogen) atoms. The maximum atomic E-state index is 12.8. The number of benzene rings is 2. The Balaban J connectivity index is 1.78. The molecule has 1 fully saturated rings. The molecule has 0 bridgehead atoms. The summed E-state index contributed by atoms with van der Waals surface area (Å²) in [6, 6.07) is 14.5. The minimum Gasteiger partial charge on any atom is -0.369 e. The van der Waals surface area contributed by atoms with E-state index in [1.54, 1.807) is 6.07 Å². The molecule has 2 aromatic rings. The highest BCUT2D eigenvalue weighted by Gasteiger charge is 2.30. The van der Waals surface area contributed by atoms with Gasteiger partial charge < -0.3 is 4.90 Å². The zero-order valence-corrected chi connectivity index (χ0v) is 14.7. The molecule has 3 rings (SSSR count). The van der Waals surface area contributed by atoms with Crippen LogP contribution in [0.5, 0.6) is 0 Å². The summed E-state index contributed by atoms with van der Waals surface area (Å²) in [6.45, 7) is 2.11. The van der Waals surface area contributed by atoms with Gasteiger partial charge in [-0.15, -0.1) is 0 Å². The van der Waals surface area contributed by atoms with Gasteiger partial charge in [-0.05, 0) is 30.3 Å². The van der Waals surface area contributed by atoms with Gasteiger partial charge in [-0.3, -0.25) is 0 Å². The molecule has 1 aliphatic rings. The Morgan fingerprint density at radius 2 is 1.52 bits per heavy atom. The van der Waals surface area contributed by atoms with Crippen LogP contribution in [0.2, 0.25) is 10.0 Å². The summed E-state index contributed by atoms with van der Waals surface area (Å²) in [5, 5.41) is 0.552. The zero-order valence-electron chi connectivity index (χ0n) is 12.3. The van der Waals surface area contributed by atoms with E-state index in [1.165, 1.54) is 16.4 Å². The first-order chi connectivity index (χ1) is 11.0. The van der Waals surface area contributed by atoms with Crippen LogP contribution in [0.1, 0.15) is 0 Å². The third-order valence-corrected chi connectivity index (χ3v) is 6.49. The van der Waals surface area contributed by atoms with Crippen molar-refractivity contribution >= 4 is 38.9 Å². The molecule has 0 N–H and O–H groups in total. The van der Waals surface area contributed by atoms with E-state index in [4.69, 9.17) is 23.2 Å². The largest absolute Gasteiger partial charge is 0.369 e. The number of piperazine rings is 1. The maximum Gasteiger partial charge on any atom is 0.244 e. The van der Waals surface area contributed by atoms with Crippen LogP contribution in [0.4, 0.5) is 5.69 Å². The molecule has 1 aliphatic heterocycles. The highest BCUT2D eigenvalue weighted by Crippen LogP contribution is 2.28. The smallest absolute Gasteiger partial charge is 0.244 e. The van der Waals surface area contributed by atoms with Gasteiger partial charge in [0.15, 0.2) is 0 Å². The monoisotopic (exact) mass is 370 g/mol. The number of nitrogens with zero attached hydrogens (tertiary/aromatic N) is 2. The average molecular weight is 371 g/mol. The van der Waals surface area contributed by atoms with Crippen molar-refractivity contribution in [2.45, 2.75) is 4.90 Å².